The van der Waals surface area contributed by atoms with Gasteiger partial charge in [0.25, 0.3) is 5.91 Å². The van der Waals surface area contributed by atoms with E-state index in [0.29, 0.717) is 22.8 Å². The van der Waals surface area contributed by atoms with Crippen molar-refractivity contribution < 1.29 is 23.5 Å². The van der Waals surface area contributed by atoms with Gasteiger partial charge in [-0.3, -0.25) is 9.48 Å². The molecule has 0 aliphatic heterocycles. The van der Waals surface area contributed by atoms with Gasteiger partial charge in [-0.05, 0) is 50.2 Å². The van der Waals surface area contributed by atoms with E-state index in [1.807, 2.05) is 13.8 Å². The molecule has 0 bridgehead atoms. The predicted molar refractivity (Wildman–Crippen MR) is 101 cm³/mol. The van der Waals surface area contributed by atoms with Crippen LogP contribution in [0.5, 0.6) is 5.75 Å². The normalized spacial score (nSPS) is 10.5. The molecule has 8 nitrogen and oxygen atoms in total. The first-order valence-corrected chi connectivity index (χ1v) is 8.75. The molecule has 0 aliphatic rings. The number of ether oxygens (including phenoxy) is 2. The second-order valence-corrected chi connectivity index (χ2v) is 5.98. The zero-order valence-corrected chi connectivity index (χ0v) is 15.9. The molecule has 1 aromatic carbocycles. The lowest BCUT2D eigenvalue weighted by molar-refractivity contribution is 0.0600. The number of benzene rings is 1. The third-order valence-electron chi connectivity index (χ3n) is 4.19. The van der Waals surface area contributed by atoms with Crippen LogP contribution in [0.1, 0.15) is 39.3 Å². The first-order valence-electron chi connectivity index (χ1n) is 8.75. The van der Waals surface area contributed by atoms with E-state index in [-0.39, 0.29) is 18.3 Å². The summed E-state index contributed by atoms with van der Waals surface area (Å²) in [7, 11) is 1.33. The summed E-state index contributed by atoms with van der Waals surface area (Å²) in [5.41, 5.74) is 1.96. The summed E-state index contributed by atoms with van der Waals surface area (Å²) >= 11 is 0. The Labute approximate surface area is 162 Å². The number of methoxy groups -OCH3 is 1. The average Bonchev–Trinajstić information content (AvgIpc) is 3.33. The van der Waals surface area contributed by atoms with Crippen molar-refractivity contribution in [2.45, 2.75) is 27.0 Å². The maximum absolute atomic E-state index is 12.4. The highest BCUT2D eigenvalue weighted by atomic mass is 16.5. The van der Waals surface area contributed by atoms with Crippen molar-refractivity contribution in [3.05, 3.63) is 65.4 Å². The average molecular weight is 383 g/mol. The maximum atomic E-state index is 12.4. The van der Waals surface area contributed by atoms with Gasteiger partial charge in [-0.15, -0.1) is 0 Å². The number of anilines is 1. The van der Waals surface area contributed by atoms with Crippen LogP contribution in [0.3, 0.4) is 0 Å². The van der Waals surface area contributed by atoms with Gasteiger partial charge in [0.1, 0.15) is 18.1 Å². The van der Waals surface area contributed by atoms with E-state index < -0.39 is 5.97 Å². The van der Waals surface area contributed by atoms with Gasteiger partial charge in [-0.2, -0.15) is 5.10 Å². The molecular weight excluding hydrogens is 362 g/mol. The van der Waals surface area contributed by atoms with Gasteiger partial charge in [0.15, 0.2) is 5.76 Å². The van der Waals surface area contributed by atoms with E-state index in [1.54, 1.807) is 47.3 Å². The highest BCUT2D eigenvalue weighted by Gasteiger charge is 2.15. The van der Waals surface area contributed by atoms with Crippen LogP contribution in [-0.2, 0) is 17.9 Å². The van der Waals surface area contributed by atoms with Crippen molar-refractivity contribution in [1.82, 2.24) is 9.78 Å². The zero-order chi connectivity index (χ0) is 20.1. The molecule has 3 aromatic rings. The number of amides is 1. The van der Waals surface area contributed by atoms with E-state index in [2.05, 4.69) is 15.2 Å². The Morgan fingerprint density at radius 1 is 1.18 bits per heavy atom. The number of rotatable bonds is 7. The fraction of sp³-hybridized carbons (Fsp3) is 0.250. The van der Waals surface area contributed by atoms with Crippen molar-refractivity contribution in [3.8, 4) is 5.75 Å². The lowest BCUT2D eigenvalue weighted by Gasteiger charge is -2.05. The summed E-state index contributed by atoms with van der Waals surface area (Å²) in [4.78, 5) is 23.8. The largest absolute Gasteiger partial charge is 0.486 e. The maximum Gasteiger partial charge on any atom is 0.337 e. The minimum absolute atomic E-state index is 0.150. The fourth-order valence-corrected chi connectivity index (χ4v) is 2.61. The molecule has 2 aromatic heterocycles. The first kappa shape index (κ1) is 19.2. The Balaban J connectivity index is 1.58. The van der Waals surface area contributed by atoms with Crippen LogP contribution in [0, 0.1) is 6.92 Å². The first-order chi connectivity index (χ1) is 13.5. The number of carbonyl (C=O) groups excluding carboxylic acids is 2. The second-order valence-electron chi connectivity index (χ2n) is 5.98. The summed E-state index contributed by atoms with van der Waals surface area (Å²) in [6, 6.07) is 9.82. The van der Waals surface area contributed by atoms with Gasteiger partial charge in [0.2, 0.25) is 0 Å². The topological polar surface area (TPSA) is 95.6 Å². The molecule has 8 heteroatoms. The standard InChI is InChI=1S/C20H21N3O5/c1-4-23-13(2)17(11-21-23)22-19(24)18-10-9-16(28-18)12-27-15-7-5-14(6-8-15)20(25)26-3/h5-11H,4,12H2,1-3H3,(H,22,24). The monoisotopic (exact) mass is 383 g/mol. The summed E-state index contributed by atoms with van der Waals surface area (Å²) in [5, 5.41) is 6.98. The lowest BCUT2D eigenvalue weighted by Crippen LogP contribution is -2.11. The Hall–Kier alpha value is -3.55. The number of nitrogens with zero attached hydrogens (tertiary/aromatic N) is 2. The smallest absolute Gasteiger partial charge is 0.337 e. The quantitative estimate of drug-likeness (QED) is 0.628. The molecule has 0 saturated carbocycles. The van der Waals surface area contributed by atoms with Crippen LogP contribution in [0.15, 0.2) is 47.0 Å². The number of hydrogen-bond donors (Lipinski definition) is 1. The molecule has 0 unspecified atom stereocenters. The van der Waals surface area contributed by atoms with Gasteiger partial charge in [-0.1, -0.05) is 0 Å². The third-order valence-corrected chi connectivity index (χ3v) is 4.19. The Kier molecular flexibility index (Phi) is 5.78. The molecule has 0 spiro atoms. The highest BCUT2D eigenvalue weighted by molar-refractivity contribution is 6.02. The van der Waals surface area contributed by atoms with Crippen molar-refractivity contribution in [3.63, 3.8) is 0 Å². The minimum Gasteiger partial charge on any atom is -0.486 e. The van der Waals surface area contributed by atoms with Gasteiger partial charge in [-0.25, -0.2) is 4.79 Å². The van der Waals surface area contributed by atoms with E-state index in [4.69, 9.17) is 9.15 Å². The van der Waals surface area contributed by atoms with Crippen LogP contribution in [0.2, 0.25) is 0 Å². The minimum atomic E-state index is -0.409. The molecule has 3 rings (SSSR count). The Morgan fingerprint density at radius 3 is 2.57 bits per heavy atom. The van der Waals surface area contributed by atoms with Gasteiger partial charge in [0.05, 0.1) is 30.3 Å². The van der Waals surface area contributed by atoms with E-state index in [1.165, 1.54) is 7.11 Å². The molecule has 28 heavy (non-hydrogen) atoms. The second kappa shape index (κ2) is 8.43. The van der Waals surface area contributed by atoms with Crippen LogP contribution in [0.25, 0.3) is 0 Å². The summed E-state index contributed by atoms with van der Waals surface area (Å²) in [6.45, 7) is 4.74. The molecule has 0 radical (unpaired) electrons. The zero-order valence-electron chi connectivity index (χ0n) is 15.9. The van der Waals surface area contributed by atoms with Crippen molar-refractivity contribution in [1.29, 1.82) is 0 Å². The van der Waals surface area contributed by atoms with E-state index in [9.17, 15) is 9.59 Å². The van der Waals surface area contributed by atoms with Gasteiger partial charge in [0, 0.05) is 6.54 Å². The number of furan rings is 1. The van der Waals surface area contributed by atoms with Crippen LogP contribution >= 0.6 is 0 Å². The number of nitrogens with one attached hydrogen (secondary N) is 1. The summed E-state index contributed by atoms with van der Waals surface area (Å²) in [5.74, 6) is 0.490. The van der Waals surface area contributed by atoms with Crippen molar-refractivity contribution in [2.75, 3.05) is 12.4 Å². The predicted octanol–water partition coefficient (Wildman–Crippen LogP) is 3.42. The molecule has 0 aliphatic carbocycles. The lowest BCUT2D eigenvalue weighted by atomic mass is 10.2. The fourth-order valence-electron chi connectivity index (χ4n) is 2.61. The van der Waals surface area contributed by atoms with Crippen LogP contribution < -0.4 is 10.1 Å². The summed E-state index contributed by atoms with van der Waals surface area (Å²) < 4.78 is 17.6. The Bertz CT molecular complexity index is 972. The number of carbonyl (C=O) groups is 2. The Morgan fingerprint density at radius 2 is 1.93 bits per heavy atom. The van der Waals surface area contributed by atoms with Crippen LogP contribution in [-0.4, -0.2) is 28.8 Å². The molecule has 0 saturated heterocycles. The molecular formula is C20H21N3O5. The van der Waals surface area contributed by atoms with E-state index in [0.717, 1.165) is 12.2 Å². The SMILES string of the molecule is CCn1ncc(NC(=O)c2ccc(COc3ccc(C(=O)OC)cc3)o2)c1C. The number of aromatic nitrogens is 2. The summed E-state index contributed by atoms with van der Waals surface area (Å²) in [6.07, 6.45) is 1.61. The number of aryl methyl sites for hydroxylation is 1. The molecule has 1 amide bonds. The third kappa shape index (κ3) is 4.22. The molecule has 0 fully saturated rings. The van der Waals surface area contributed by atoms with Crippen LogP contribution in [0.4, 0.5) is 5.69 Å². The highest BCUT2D eigenvalue weighted by Crippen LogP contribution is 2.18. The molecule has 2 heterocycles. The molecule has 0 atom stereocenters. The van der Waals surface area contributed by atoms with Crippen molar-refractivity contribution in [2.24, 2.45) is 0 Å². The van der Waals surface area contributed by atoms with Crippen molar-refractivity contribution >= 4 is 17.6 Å². The molecule has 146 valence electrons. The number of hydrogen-bond acceptors (Lipinski definition) is 6. The van der Waals surface area contributed by atoms with E-state index >= 15 is 0 Å². The van der Waals surface area contributed by atoms with Gasteiger partial charge < -0.3 is 19.2 Å². The molecule has 1 N–H and O–H groups in total. The number of esters is 1. The van der Waals surface area contributed by atoms with Gasteiger partial charge >= 0.3 is 5.97 Å².